The summed E-state index contributed by atoms with van der Waals surface area (Å²) < 4.78 is 1.93. The highest BCUT2D eigenvalue weighted by molar-refractivity contribution is 6.30. The standard InChI is InChI=1S/C31H28ClN5/c32-27-15-12-24(13-16-27)28-20-30(37(35-28)31-33-18-7-19-34-31)26-14-17-29(25-10-5-2-6-11-25)36(22-26)21-23-8-3-1-4-9-23/h1-13,15-16,18-20,26,29H,14,17,21-22H2/t26-,29+/m0/s1. The number of hydrogen-bond acceptors (Lipinski definition) is 4. The maximum absolute atomic E-state index is 6.15. The van der Waals surface area contributed by atoms with E-state index in [0.29, 0.717) is 22.9 Å². The molecule has 0 unspecified atom stereocenters. The van der Waals surface area contributed by atoms with Crippen LogP contribution in [0.4, 0.5) is 0 Å². The molecule has 0 N–H and O–H groups in total. The zero-order chi connectivity index (χ0) is 25.0. The second-order valence-electron chi connectivity index (χ2n) is 9.54. The van der Waals surface area contributed by atoms with Crippen LogP contribution < -0.4 is 0 Å². The van der Waals surface area contributed by atoms with Crippen LogP contribution in [0, 0.1) is 0 Å². The van der Waals surface area contributed by atoms with Gasteiger partial charge in [-0.05, 0) is 48.2 Å². The number of aromatic nitrogens is 4. The van der Waals surface area contributed by atoms with Gasteiger partial charge in [0.1, 0.15) is 0 Å². The number of piperidine rings is 1. The highest BCUT2D eigenvalue weighted by Crippen LogP contribution is 2.40. The van der Waals surface area contributed by atoms with Gasteiger partial charge in [0.15, 0.2) is 0 Å². The molecular formula is C31H28ClN5. The van der Waals surface area contributed by atoms with Crippen molar-refractivity contribution in [3.63, 3.8) is 0 Å². The van der Waals surface area contributed by atoms with Gasteiger partial charge >= 0.3 is 0 Å². The van der Waals surface area contributed by atoms with Crippen LogP contribution in [0.25, 0.3) is 17.2 Å². The van der Waals surface area contributed by atoms with E-state index in [9.17, 15) is 0 Å². The van der Waals surface area contributed by atoms with E-state index in [1.54, 1.807) is 12.4 Å². The van der Waals surface area contributed by atoms with Crippen molar-refractivity contribution in [3.05, 3.63) is 131 Å². The zero-order valence-electron chi connectivity index (χ0n) is 20.5. The lowest BCUT2D eigenvalue weighted by atomic mass is 9.86. The Bertz CT molecular complexity index is 1440. The van der Waals surface area contributed by atoms with Crippen molar-refractivity contribution >= 4 is 11.6 Å². The van der Waals surface area contributed by atoms with Gasteiger partial charge in [0, 0.05) is 48.0 Å². The number of likely N-dealkylation sites (tertiary alicyclic amines) is 1. The summed E-state index contributed by atoms with van der Waals surface area (Å²) in [5, 5.41) is 5.69. The molecule has 0 amide bonds. The van der Waals surface area contributed by atoms with Crippen molar-refractivity contribution in [2.24, 2.45) is 0 Å². The predicted molar refractivity (Wildman–Crippen MR) is 148 cm³/mol. The number of benzene rings is 3. The van der Waals surface area contributed by atoms with Gasteiger partial charge in [0.05, 0.1) is 11.4 Å². The van der Waals surface area contributed by atoms with Crippen molar-refractivity contribution in [1.82, 2.24) is 24.6 Å². The molecule has 1 fully saturated rings. The molecule has 1 aliphatic heterocycles. The average molecular weight is 506 g/mol. The Balaban J connectivity index is 1.37. The Morgan fingerprint density at radius 3 is 2.22 bits per heavy atom. The molecule has 0 aliphatic carbocycles. The minimum Gasteiger partial charge on any atom is -0.291 e. The number of rotatable bonds is 6. The molecule has 1 aliphatic rings. The highest BCUT2D eigenvalue weighted by Gasteiger charge is 2.32. The van der Waals surface area contributed by atoms with Gasteiger partial charge in [-0.3, -0.25) is 4.90 Å². The van der Waals surface area contributed by atoms with Crippen molar-refractivity contribution in [1.29, 1.82) is 0 Å². The predicted octanol–water partition coefficient (Wildman–Crippen LogP) is 7.10. The van der Waals surface area contributed by atoms with Crippen LogP contribution in [0.15, 0.2) is 109 Å². The summed E-state index contributed by atoms with van der Waals surface area (Å²) in [6.45, 7) is 1.82. The second-order valence-corrected chi connectivity index (χ2v) is 9.97. The molecule has 184 valence electrons. The lowest BCUT2D eigenvalue weighted by Crippen LogP contribution is -2.37. The van der Waals surface area contributed by atoms with Crippen LogP contribution >= 0.6 is 11.6 Å². The Morgan fingerprint density at radius 2 is 1.49 bits per heavy atom. The molecule has 5 nitrogen and oxygen atoms in total. The van der Waals surface area contributed by atoms with Crippen LogP contribution in [0.1, 0.15) is 41.6 Å². The normalized spacial score (nSPS) is 18.1. The van der Waals surface area contributed by atoms with Crippen molar-refractivity contribution in [2.45, 2.75) is 31.3 Å². The number of hydrogen-bond donors (Lipinski definition) is 0. The summed E-state index contributed by atoms with van der Waals surface area (Å²) in [7, 11) is 0. The number of halogens is 1. The average Bonchev–Trinajstić information content (AvgIpc) is 3.41. The SMILES string of the molecule is Clc1ccc(-c2cc([C@H]3CC[C@H](c4ccccc4)N(Cc4ccccc4)C3)n(-c3ncccn3)n2)cc1. The molecule has 0 spiro atoms. The number of nitrogens with zero attached hydrogens (tertiary/aromatic N) is 5. The van der Waals surface area contributed by atoms with Crippen molar-refractivity contribution in [2.75, 3.05) is 6.54 Å². The van der Waals surface area contributed by atoms with E-state index in [1.807, 2.05) is 35.0 Å². The molecule has 3 aromatic carbocycles. The largest absolute Gasteiger partial charge is 0.291 e. The molecule has 6 rings (SSSR count). The van der Waals surface area contributed by atoms with Gasteiger partial charge in [0.25, 0.3) is 5.95 Å². The first kappa shape index (κ1) is 23.6. The van der Waals surface area contributed by atoms with E-state index in [2.05, 4.69) is 81.6 Å². The Labute approximate surface area is 222 Å². The first-order valence-corrected chi connectivity index (χ1v) is 13.1. The monoisotopic (exact) mass is 505 g/mol. The molecule has 37 heavy (non-hydrogen) atoms. The van der Waals surface area contributed by atoms with Crippen molar-refractivity contribution in [3.8, 4) is 17.2 Å². The van der Waals surface area contributed by atoms with E-state index >= 15 is 0 Å². The molecule has 0 radical (unpaired) electrons. The van der Waals surface area contributed by atoms with Crippen molar-refractivity contribution < 1.29 is 0 Å². The molecule has 0 bridgehead atoms. The van der Waals surface area contributed by atoms with E-state index < -0.39 is 0 Å². The summed E-state index contributed by atoms with van der Waals surface area (Å²) in [4.78, 5) is 11.7. The van der Waals surface area contributed by atoms with E-state index in [0.717, 1.165) is 42.9 Å². The van der Waals surface area contributed by atoms with Gasteiger partial charge < -0.3 is 0 Å². The quantitative estimate of drug-likeness (QED) is 0.247. The maximum Gasteiger partial charge on any atom is 0.250 e. The van der Waals surface area contributed by atoms with Gasteiger partial charge in [-0.2, -0.15) is 5.10 Å². The summed E-state index contributed by atoms with van der Waals surface area (Å²) in [5.41, 5.74) is 5.77. The van der Waals surface area contributed by atoms with Crippen LogP contribution in [0.5, 0.6) is 0 Å². The zero-order valence-corrected chi connectivity index (χ0v) is 21.2. The molecule has 0 saturated carbocycles. The topological polar surface area (TPSA) is 46.8 Å². The van der Waals surface area contributed by atoms with Crippen LogP contribution in [-0.2, 0) is 6.54 Å². The third-order valence-electron chi connectivity index (χ3n) is 7.13. The summed E-state index contributed by atoms with van der Waals surface area (Å²) in [6, 6.07) is 33.9. The fraction of sp³-hybridized carbons (Fsp3) is 0.194. The maximum atomic E-state index is 6.15. The summed E-state index contributed by atoms with van der Waals surface area (Å²) in [6.07, 6.45) is 5.66. The summed E-state index contributed by atoms with van der Waals surface area (Å²) >= 11 is 6.15. The fourth-order valence-corrected chi connectivity index (χ4v) is 5.46. The highest BCUT2D eigenvalue weighted by atomic mass is 35.5. The third-order valence-corrected chi connectivity index (χ3v) is 7.39. The van der Waals surface area contributed by atoms with Crippen LogP contribution in [-0.4, -0.2) is 31.2 Å². The minimum absolute atomic E-state index is 0.293. The Kier molecular flexibility index (Phi) is 6.80. The van der Waals surface area contributed by atoms with Gasteiger partial charge in [-0.15, -0.1) is 0 Å². The van der Waals surface area contributed by atoms with Gasteiger partial charge in [0.2, 0.25) is 0 Å². The lowest BCUT2D eigenvalue weighted by molar-refractivity contribution is 0.122. The molecular weight excluding hydrogens is 478 g/mol. The van der Waals surface area contributed by atoms with E-state index in [-0.39, 0.29) is 0 Å². The Morgan fingerprint density at radius 1 is 0.784 bits per heavy atom. The van der Waals surface area contributed by atoms with E-state index in [4.69, 9.17) is 16.7 Å². The van der Waals surface area contributed by atoms with E-state index in [1.165, 1.54) is 11.1 Å². The first-order valence-electron chi connectivity index (χ1n) is 12.7. The molecule has 6 heteroatoms. The minimum atomic E-state index is 0.293. The third kappa shape index (κ3) is 5.19. The molecule has 2 atom stereocenters. The molecule has 1 saturated heterocycles. The van der Waals surface area contributed by atoms with Gasteiger partial charge in [-0.1, -0.05) is 84.4 Å². The van der Waals surface area contributed by atoms with Gasteiger partial charge in [-0.25, -0.2) is 14.6 Å². The first-order chi connectivity index (χ1) is 18.2. The molecule has 2 aromatic heterocycles. The molecule has 5 aromatic rings. The van der Waals surface area contributed by atoms with Crippen LogP contribution in [0.3, 0.4) is 0 Å². The smallest absolute Gasteiger partial charge is 0.250 e. The summed E-state index contributed by atoms with van der Waals surface area (Å²) in [5.74, 6) is 0.888. The fourth-order valence-electron chi connectivity index (χ4n) is 5.34. The Hall–Kier alpha value is -3.80. The van der Waals surface area contributed by atoms with Crippen LogP contribution in [0.2, 0.25) is 5.02 Å². The second kappa shape index (κ2) is 10.7. The lowest BCUT2D eigenvalue weighted by Gasteiger charge is -2.40. The molecule has 3 heterocycles.